The predicted octanol–water partition coefficient (Wildman–Crippen LogP) is 5.02. The Morgan fingerprint density at radius 2 is 1.34 bits per heavy atom. The topological polar surface area (TPSA) is 76.2 Å². The van der Waals surface area contributed by atoms with Crippen LogP contribution in [0.15, 0.2) is 121 Å². The predicted molar refractivity (Wildman–Crippen MR) is 169 cm³/mol. The fourth-order valence-corrected chi connectivity index (χ4v) is 6.39. The van der Waals surface area contributed by atoms with Gasteiger partial charge in [-0.05, 0) is 28.7 Å². The van der Waals surface area contributed by atoms with Gasteiger partial charge in [-0.15, -0.1) is 0 Å². The Morgan fingerprint density at radius 3 is 1.93 bits per heavy atom. The maximum Gasteiger partial charge on any atom is 0.334 e. The van der Waals surface area contributed by atoms with Crippen molar-refractivity contribution < 1.29 is 14.4 Å². The van der Waals surface area contributed by atoms with E-state index < -0.39 is 12.2 Å². The minimum atomic E-state index is -0.826. The Bertz CT molecular complexity index is 1530. The molecule has 2 fully saturated rings. The van der Waals surface area contributed by atoms with E-state index in [0.717, 1.165) is 11.1 Å². The van der Waals surface area contributed by atoms with Crippen molar-refractivity contribution in [3.8, 4) is 0 Å². The van der Waals surface area contributed by atoms with Crippen molar-refractivity contribution in [2.75, 3.05) is 26.7 Å². The van der Waals surface area contributed by atoms with Gasteiger partial charge in [0, 0.05) is 26.1 Å². The first-order valence-electron chi connectivity index (χ1n) is 15.1. The fourth-order valence-electron chi connectivity index (χ4n) is 6.39. The number of carbonyl (C=O) groups excluding carboxylic acids is 3. The van der Waals surface area contributed by atoms with Gasteiger partial charge in [0.15, 0.2) is 0 Å². The smallest absolute Gasteiger partial charge is 0.334 e. The third-order valence-electron chi connectivity index (χ3n) is 8.53. The van der Waals surface area contributed by atoms with Crippen LogP contribution in [0.25, 0.3) is 0 Å². The van der Waals surface area contributed by atoms with Gasteiger partial charge in [-0.25, -0.2) is 14.8 Å². The van der Waals surface area contributed by atoms with Gasteiger partial charge in [-0.2, -0.15) is 0 Å². The summed E-state index contributed by atoms with van der Waals surface area (Å²) in [5, 5.41) is 6.29. The molecule has 6 rings (SSSR count). The largest absolute Gasteiger partial charge is 0.337 e. The SMILES string of the molecule is CN1CC(=O)N2[C@@H](c3ccccc3)C(=O)N(CCC(c3ccccc3)c3ccccc3)C[C@@H]2N1C(=O)NCc1ccccc1. The number of amides is 4. The Balaban J connectivity index is 1.31. The number of nitrogens with one attached hydrogen (secondary N) is 1. The molecule has 1 N–H and O–H groups in total. The van der Waals surface area contributed by atoms with Crippen LogP contribution in [-0.2, 0) is 16.1 Å². The zero-order valence-corrected chi connectivity index (χ0v) is 24.8. The molecule has 8 nitrogen and oxygen atoms in total. The average molecular weight is 588 g/mol. The van der Waals surface area contributed by atoms with Gasteiger partial charge >= 0.3 is 6.03 Å². The van der Waals surface area contributed by atoms with Crippen LogP contribution in [-0.4, -0.2) is 70.5 Å². The number of carbonyl (C=O) groups is 3. The van der Waals surface area contributed by atoms with E-state index in [9.17, 15) is 14.4 Å². The van der Waals surface area contributed by atoms with E-state index in [1.54, 1.807) is 22.0 Å². The molecular weight excluding hydrogens is 550 g/mol. The highest BCUT2D eigenvalue weighted by atomic mass is 16.2. The monoisotopic (exact) mass is 587 g/mol. The number of hydrogen-bond acceptors (Lipinski definition) is 4. The summed E-state index contributed by atoms with van der Waals surface area (Å²) in [4.78, 5) is 45.1. The number of hydrogen-bond donors (Lipinski definition) is 1. The highest BCUT2D eigenvalue weighted by Gasteiger charge is 2.51. The first kappa shape index (κ1) is 29.1. The highest BCUT2D eigenvalue weighted by molar-refractivity contribution is 5.92. The van der Waals surface area contributed by atoms with Crippen molar-refractivity contribution in [1.29, 1.82) is 0 Å². The second-order valence-corrected chi connectivity index (χ2v) is 11.3. The standard InChI is InChI=1S/C36H37N5O3/c1-38-26-33(42)40-32(41(38)36(44)37-24-27-14-6-2-7-15-27)25-39(35(43)34(40)30-20-12-5-13-21-30)23-22-31(28-16-8-3-9-17-28)29-18-10-4-11-19-29/h2-21,31-32,34H,22-26H2,1H3,(H,37,44)/t32-,34-/m0/s1. The molecule has 0 aromatic heterocycles. The minimum absolute atomic E-state index is 0.00401. The molecule has 4 aromatic rings. The van der Waals surface area contributed by atoms with Crippen LogP contribution in [0.4, 0.5) is 4.79 Å². The fraction of sp³-hybridized carbons (Fsp3) is 0.250. The molecule has 2 saturated heterocycles. The summed E-state index contributed by atoms with van der Waals surface area (Å²) in [5.41, 5.74) is 4.07. The van der Waals surface area contributed by atoms with Crippen molar-refractivity contribution in [2.45, 2.75) is 31.1 Å². The Kier molecular flexibility index (Phi) is 8.70. The Labute approximate surface area is 258 Å². The first-order valence-corrected chi connectivity index (χ1v) is 15.1. The van der Waals surface area contributed by atoms with Crippen molar-refractivity contribution >= 4 is 17.8 Å². The van der Waals surface area contributed by atoms with E-state index in [0.29, 0.717) is 19.5 Å². The quantitative estimate of drug-likeness (QED) is 0.314. The lowest BCUT2D eigenvalue weighted by atomic mass is 9.88. The summed E-state index contributed by atoms with van der Waals surface area (Å²) in [5.74, 6) is -0.230. The number of rotatable bonds is 8. The molecule has 2 aliphatic rings. The lowest BCUT2D eigenvalue weighted by molar-refractivity contribution is -0.187. The highest BCUT2D eigenvalue weighted by Crippen LogP contribution is 2.36. The van der Waals surface area contributed by atoms with Crippen molar-refractivity contribution in [1.82, 2.24) is 25.1 Å². The van der Waals surface area contributed by atoms with Gasteiger partial charge in [0.25, 0.3) is 0 Å². The molecule has 0 radical (unpaired) electrons. The van der Waals surface area contributed by atoms with E-state index in [2.05, 4.69) is 29.6 Å². The van der Waals surface area contributed by atoms with Gasteiger partial charge < -0.3 is 15.1 Å². The lowest BCUT2D eigenvalue weighted by Crippen LogP contribution is -2.73. The van der Waals surface area contributed by atoms with E-state index in [1.807, 2.05) is 102 Å². The first-order chi connectivity index (χ1) is 21.5. The molecule has 0 unspecified atom stereocenters. The zero-order chi connectivity index (χ0) is 30.5. The Morgan fingerprint density at radius 1 is 0.795 bits per heavy atom. The molecular formula is C36H37N5O3. The number of hydrazine groups is 1. The zero-order valence-electron chi connectivity index (χ0n) is 24.8. The number of benzene rings is 4. The van der Waals surface area contributed by atoms with Crippen molar-refractivity contribution in [2.24, 2.45) is 0 Å². The lowest BCUT2D eigenvalue weighted by Gasteiger charge is -2.54. The summed E-state index contributed by atoms with van der Waals surface area (Å²) in [7, 11) is 1.75. The maximum atomic E-state index is 14.3. The second-order valence-electron chi connectivity index (χ2n) is 11.3. The molecule has 8 heteroatoms. The van der Waals surface area contributed by atoms with Crippen LogP contribution in [0.2, 0.25) is 0 Å². The molecule has 2 heterocycles. The van der Waals surface area contributed by atoms with E-state index in [-0.39, 0.29) is 36.9 Å². The summed E-state index contributed by atoms with van der Waals surface area (Å²) < 4.78 is 0. The number of fused-ring (bicyclic) bond motifs is 1. The number of urea groups is 1. The third kappa shape index (κ3) is 6.07. The van der Waals surface area contributed by atoms with Crippen LogP contribution in [0.3, 0.4) is 0 Å². The molecule has 2 aliphatic heterocycles. The Hall–Kier alpha value is -4.95. The normalized spacial score (nSPS) is 18.8. The minimum Gasteiger partial charge on any atom is -0.337 e. The summed E-state index contributed by atoms with van der Waals surface area (Å²) in [6, 6.07) is 38.6. The van der Waals surface area contributed by atoms with E-state index in [4.69, 9.17) is 0 Å². The molecule has 0 saturated carbocycles. The van der Waals surface area contributed by atoms with Gasteiger partial charge in [-0.1, -0.05) is 121 Å². The van der Waals surface area contributed by atoms with E-state index in [1.165, 1.54) is 11.1 Å². The number of piperazine rings is 1. The van der Waals surface area contributed by atoms with Crippen LogP contribution in [0.5, 0.6) is 0 Å². The van der Waals surface area contributed by atoms with Crippen molar-refractivity contribution in [3.63, 3.8) is 0 Å². The second kappa shape index (κ2) is 13.1. The summed E-state index contributed by atoms with van der Waals surface area (Å²) in [6.45, 7) is 1.03. The van der Waals surface area contributed by atoms with Gasteiger partial charge in [0.05, 0.1) is 13.1 Å². The van der Waals surface area contributed by atoms with E-state index >= 15 is 0 Å². The summed E-state index contributed by atoms with van der Waals surface area (Å²) in [6.07, 6.45) is 0.0321. The molecule has 224 valence electrons. The molecule has 4 aromatic carbocycles. The van der Waals surface area contributed by atoms with Crippen LogP contribution < -0.4 is 5.32 Å². The average Bonchev–Trinajstić information content (AvgIpc) is 3.06. The van der Waals surface area contributed by atoms with Gasteiger partial charge in [0.1, 0.15) is 12.2 Å². The number of likely N-dealkylation sites (N-methyl/N-ethyl adjacent to an activating group) is 1. The molecule has 0 bridgehead atoms. The van der Waals surface area contributed by atoms with Crippen LogP contribution in [0, 0.1) is 0 Å². The molecule has 0 spiro atoms. The van der Waals surface area contributed by atoms with Crippen LogP contribution >= 0.6 is 0 Å². The van der Waals surface area contributed by atoms with Gasteiger partial charge in [0.2, 0.25) is 11.8 Å². The van der Waals surface area contributed by atoms with Crippen molar-refractivity contribution in [3.05, 3.63) is 144 Å². The molecule has 44 heavy (non-hydrogen) atoms. The molecule has 4 amide bonds. The molecule has 2 atom stereocenters. The van der Waals surface area contributed by atoms with Gasteiger partial charge in [-0.3, -0.25) is 9.59 Å². The third-order valence-corrected chi connectivity index (χ3v) is 8.53. The summed E-state index contributed by atoms with van der Waals surface area (Å²) >= 11 is 0. The van der Waals surface area contributed by atoms with Crippen LogP contribution in [0.1, 0.15) is 40.6 Å². The maximum absolute atomic E-state index is 14.3. The molecule has 0 aliphatic carbocycles. The number of nitrogens with zero attached hydrogens (tertiary/aromatic N) is 4.